The fourth-order valence-electron chi connectivity index (χ4n) is 0.506. The maximum absolute atomic E-state index is 10.7. The zero-order chi connectivity index (χ0) is 8.15. The maximum Gasteiger partial charge on any atom is 0.198 e. The first-order valence-corrected chi connectivity index (χ1v) is 4.46. The van der Waals surface area contributed by atoms with Crippen LogP contribution in [0.3, 0.4) is 0 Å². The minimum Gasteiger partial charge on any atom is -0.291 e. The number of hydrogen-bond acceptors (Lipinski definition) is 2. The highest BCUT2D eigenvalue weighted by Crippen LogP contribution is 2.07. The lowest BCUT2D eigenvalue weighted by atomic mass is 10.1. The Morgan fingerprint density at radius 3 is 2.30 bits per heavy atom. The lowest BCUT2D eigenvalue weighted by Gasteiger charge is -1.98. The largest absolute Gasteiger partial charge is 0.291 e. The van der Waals surface area contributed by atoms with E-state index in [9.17, 15) is 9.59 Å². The highest BCUT2D eigenvalue weighted by atomic mass is 127. The van der Waals surface area contributed by atoms with Crippen molar-refractivity contribution in [2.24, 2.45) is 0 Å². The van der Waals surface area contributed by atoms with Gasteiger partial charge in [-0.2, -0.15) is 0 Å². The van der Waals surface area contributed by atoms with Crippen LogP contribution in [0.5, 0.6) is 0 Å². The van der Waals surface area contributed by atoms with Gasteiger partial charge in [-0.25, -0.2) is 0 Å². The molecule has 1 atom stereocenters. The van der Waals surface area contributed by atoms with Gasteiger partial charge >= 0.3 is 0 Å². The molecule has 1 unspecified atom stereocenters. The molecule has 0 radical (unpaired) electrons. The molecule has 0 aromatic heterocycles. The minimum absolute atomic E-state index is 0.247. The van der Waals surface area contributed by atoms with E-state index in [1.807, 2.05) is 6.92 Å². The molecule has 0 rings (SSSR count). The van der Waals surface area contributed by atoms with E-state index in [1.54, 1.807) is 0 Å². The molecular weight excluding hydrogens is 243 g/mol. The van der Waals surface area contributed by atoms with Gasteiger partial charge in [-0.1, -0.05) is 29.5 Å². The summed E-state index contributed by atoms with van der Waals surface area (Å²) >= 11 is 2.24. The molecule has 0 saturated carbocycles. The molecule has 58 valence electrons. The van der Waals surface area contributed by atoms with Crippen molar-refractivity contribution in [1.29, 1.82) is 0 Å². The summed E-state index contributed by atoms with van der Waals surface area (Å²) in [7, 11) is 0. The second-order valence-corrected chi connectivity index (χ2v) is 4.43. The monoisotopic (exact) mass is 254 g/mol. The van der Waals surface area contributed by atoms with Crippen molar-refractivity contribution in [3.63, 3.8) is 0 Å². The average molecular weight is 254 g/mol. The molecule has 0 aliphatic rings. The number of halogens is 1. The number of ketones is 2. The van der Waals surface area contributed by atoms with Crippen LogP contribution >= 0.6 is 22.6 Å². The summed E-state index contributed by atoms with van der Waals surface area (Å²) in [6.45, 7) is 3.34. The summed E-state index contributed by atoms with van der Waals surface area (Å²) in [5, 5.41) is 0. The molecule has 0 bridgehead atoms. The van der Waals surface area contributed by atoms with E-state index < -0.39 is 0 Å². The minimum atomic E-state index is -0.322. The van der Waals surface area contributed by atoms with Crippen molar-refractivity contribution < 1.29 is 9.59 Å². The summed E-state index contributed by atoms with van der Waals surface area (Å²) in [4.78, 5) is 21.1. The van der Waals surface area contributed by atoms with Crippen LogP contribution < -0.4 is 0 Å². The first kappa shape index (κ1) is 10.1. The lowest BCUT2D eigenvalue weighted by Crippen LogP contribution is -2.10. The van der Waals surface area contributed by atoms with Gasteiger partial charge in [-0.15, -0.1) is 0 Å². The van der Waals surface area contributed by atoms with Crippen molar-refractivity contribution in [3.8, 4) is 0 Å². The van der Waals surface area contributed by atoms with Crippen molar-refractivity contribution >= 4 is 34.2 Å². The SMILES string of the molecule is CC(=O)C(=O)CCC(C)I. The van der Waals surface area contributed by atoms with Crippen LogP contribution in [-0.2, 0) is 9.59 Å². The quantitative estimate of drug-likeness (QED) is 0.435. The molecular formula is C7H11IO2. The Morgan fingerprint density at radius 1 is 1.50 bits per heavy atom. The Kier molecular flexibility index (Phi) is 4.85. The Bertz CT molecular complexity index is 141. The molecule has 0 heterocycles. The molecule has 0 aromatic carbocycles. The van der Waals surface area contributed by atoms with Crippen LogP contribution in [0.15, 0.2) is 0 Å². The second-order valence-electron chi connectivity index (χ2n) is 2.30. The standard InChI is InChI=1S/C7H11IO2/c1-5(8)3-4-7(10)6(2)9/h5H,3-4H2,1-2H3. The molecule has 3 heteroatoms. The smallest absolute Gasteiger partial charge is 0.198 e. The van der Waals surface area contributed by atoms with Crippen molar-refractivity contribution in [3.05, 3.63) is 0 Å². The van der Waals surface area contributed by atoms with Gasteiger partial charge in [0.15, 0.2) is 11.6 Å². The van der Waals surface area contributed by atoms with E-state index in [4.69, 9.17) is 0 Å². The topological polar surface area (TPSA) is 34.1 Å². The molecule has 0 aromatic rings. The van der Waals surface area contributed by atoms with Gasteiger partial charge in [0.25, 0.3) is 0 Å². The molecule has 0 spiro atoms. The van der Waals surface area contributed by atoms with Gasteiger partial charge in [0.2, 0.25) is 0 Å². The first-order valence-electron chi connectivity index (χ1n) is 3.22. The Hall–Kier alpha value is 0.0700. The van der Waals surface area contributed by atoms with Crippen molar-refractivity contribution in [2.45, 2.75) is 30.6 Å². The van der Waals surface area contributed by atoms with E-state index >= 15 is 0 Å². The van der Waals surface area contributed by atoms with Gasteiger partial charge in [-0.3, -0.25) is 9.59 Å². The summed E-state index contributed by atoms with van der Waals surface area (Å²) < 4.78 is 0.473. The summed E-state index contributed by atoms with van der Waals surface area (Å²) in [6.07, 6.45) is 1.21. The molecule has 2 nitrogen and oxygen atoms in total. The van der Waals surface area contributed by atoms with Gasteiger partial charge in [0.1, 0.15) is 0 Å². The predicted octanol–water partition coefficient (Wildman–Crippen LogP) is 1.75. The highest BCUT2D eigenvalue weighted by Gasteiger charge is 2.07. The van der Waals surface area contributed by atoms with Crippen LogP contribution in [-0.4, -0.2) is 15.5 Å². The Balaban J connectivity index is 3.50. The molecule has 0 amide bonds. The Morgan fingerprint density at radius 2 is 2.00 bits per heavy atom. The third kappa shape index (κ3) is 4.90. The van der Waals surface area contributed by atoms with Gasteiger partial charge in [-0.05, 0) is 6.42 Å². The fraction of sp³-hybridized carbons (Fsp3) is 0.714. The number of carbonyl (C=O) groups excluding carboxylic acids is 2. The van der Waals surface area contributed by atoms with E-state index in [0.29, 0.717) is 10.3 Å². The highest BCUT2D eigenvalue weighted by molar-refractivity contribution is 14.1. The molecule has 0 saturated heterocycles. The fourth-order valence-corrected chi connectivity index (χ4v) is 0.817. The summed E-state index contributed by atoms with van der Waals surface area (Å²) in [5.41, 5.74) is 0. The zero-order valence-electron chi connectivity index (χ0n) is 6.19. The van der Waals surface area contributed by atoms with E-state index in [2.05, 4.69) is 22.6 Å². The van der Waals surface area contributed by atoms with Crippen LogP contribution in [0.4, 0.5) is 0 Å². The van der Waals surface area contributed by atoms with E-state index in [-0.39, 0.29) is 11.6 Å². The van der Waals surface area contributed by atoms with Crippen LogP contribution in [0.1, 0.15) is 26.7 Å². The van der Waals surface area contributed by atoms with E-state index in [1.165, 1.54) is 6.92 Å². The lowest BCUT2D eigenvalue weighted by molar-refractivity contribution is -0.135. The molecule has 0 N–H and O–H groups in total. The third-order valence-electron chi connectivity index (χ3n) is 1.16. The summed E-state index contributed by atoms with van der Waals surface area (Å²) in [6, 6.07) is 0. The molecule has 0 aliphatic carbocycles. The maximum atomic E-state index is 10.7. The molecule has 0 fully saturated rings. The number of carbonyl (C=O) groups is 2. The predicted molar refractivity (Wildman–Crippen MR) is 48.4 cm³/mol. The summed E-state index contributed by atoms with van der Waals surface area (Å²) in [5.74, 6) is -0.569. The van der Waals surface area contributed by atoms with Crippen molar-refractivity contribution in [1.82, 2.24) is 0 Å². The van der Waals surface area contributed by atoms with Crippen LogP contribution in [0, 0.1) is 0 Å². The van der Waals surface area contributed by atoms with Crippen molar-refractivity contribution in [2.75, 3.05) is 0 Å². The van der Waals surface area contributed by atoms with Gasteiger partial charge in [0.05, 0.1) is 0 Å². The molecule has 0 aliphatic heterocycles. The second kappa shape index (κ2) is 4.82. The Labute approximate surface area is 74.5 Å². The molecule has 10 heavy (non-hydrogen) atoms. The third-order valence-corrected chi connectivity index (χ3v) is 1.78. The van der Waals surface area contributed by atoms with E-state index in [0.717, 1.165) is 6.42 Å². The first-order chi connectivity index (χ1) is 4.54. The van der Waals surface area contributed by atoms with Crippen LogP contribution in [0.25, 0.3) is 0 Å². The average Bonchev–Trinajstić information content (AvgIpc) is 1.82. The number of Topliss-reactive ketones (excluding diaryl/α,β-unsaturated/α-hetero) is 2. The van der Waals surface area contributed by atoms with Crippen LogP contribution in [0.2, 0.25) is 0 Å². The number of hydrogen-bond donors (Lipinski definition) is 0. The number of alkyl halides is 1. The zero-order valence-corrected chi connectivity index (χ0v) is 8.34. The normalized spacial score (nSPS) is 12.7. The number of rotatable bonds is 4. The van der Waals surface area contributed by atoms with Gasteiger partial charge < -0.3 is 0 Å². The van der Waals surface area contributed by atoms with Gasteiger partial charge in [0, 0.05) is 17.3 Å².